The minimum atomic E-state index is -0.348. The van der Waals surface area contributed by atoms with Crippen LogP contribution in [-0.2, 0) is 0 Å². The van der Waals surface area contributed by atoms with Crippen molar-refractivity contribution in [3.63, 3.8) is 0 Å². The van der Waals surface area contributed by atoms with Crippen LogP contribution in [0.3, 0.4) is 0 Å². The fourth-order valence-electron chi connectivity index (χ4n) is 1.68. The van der Waals surface area contributed by atoms with E-state index in [1.165, 1.54) is 12.1 Å². The third-order valence-corrected chi connectivity index (χ3v) is 2.42. The Hall–Kier alpha value is -1.09. The second-order valence-corrected chi connectivity index (χ2v) is 4.40. The van der Waals surface area contributed by atoms with Gasteiger partial charge in [-0.3, -0.25) is 0 Å². The molecule has 2 nitrogen and oxygen atoms in total. The van der Waals surface area contributed by atoms with Gasteiger partial charge in [-0.1, -0.05) is 13.8 Å². The number of phenols is 1. The highest BCUT2D eigenvalue weighted by molar-refractivity contribution is 5.41. The van der Waals surface area contributed by atoms with Crippen molar-refractivity contribution in [3.05, 3.63) is 29.1 Å². The molecule has 0 aliphatic heterocycles. The Morgan fingerprint density at radius 2 is 2.00 bits per heavy atom. The first-order chi connectivity index (χ1) is 6.91. The van der Waals surface area contributed by atoms with Gasteiger partial charge in [-0.05, 0) is 37.0 Å². The number of aromatic hydroxyl groups is 1. The van der Waals surface area contributed by atoms with Crippen molar-refractivity contribution in [2.75, 3.05) is 0 Å². The number of aryl methyl sites for hydroxylation is 1. The summed E-state index contributed by atoms with van der Waals surface area (Å²) < 4.78 is 13.1. The SMILES string of the molecule is Cc1cc(F)cc([C@H](N)CC(C)C)c1O. The Morgan fingerprint density at radius 3 is 2.53 bits per heavy atom. The Kier molecular flexibility index (Phi) is 3.69. The molecule has 0 bridgehead atoms. The van der Waals surface area contributed by atoms with Gasteiger partial charge in [0.2, 0.25) is 0 Å². The van der Waals surface area contributed by atoms with Gasteiger partial charge in [-0.25, -0.2) is 4.39 Å². The van der Waals surface area contributed by atoms with Crippen LogP contribution in [0.2, 0.25) is 0 Å². The fraction of sp³-hybridized carbons (Fsp3) is 0.500. The first kappa shape index (κ1) is 12.0. The molecule has 1 atom stereocenters. The van der Waals surface area contributed by atoms with E-state index >= 15 is 0 Å². The Bertz CT molecular complexity index is 350. The number of rotatable bonds is 3. The van der Waals surface area contributed by atoms with E-state index in [1.54, 1.807) is 6.92 Å². The van der Waals surface area contributed by atoms with Crippen LogP contribution in [0, 0.1) is 18.7 Å². The zero-order valence-corrected chi connectivity index (χ0v) is 9.42. The minimum absolute atomic E-state index is 0.115. The number of benzene rings is 1. The largest absolute Gasteiger partial charge is 0.507 e. The van der Waals surface area contributed by atoms with Crippen LogP contribution in [0.15, 0.2) is 12.1 Å². The second kappa shape index (κ2) is 4.62. The van der Waals surface area contributed by atoms with Crippen molar-refractivity contribution < 1.29 is 9.50 Å². The summed E-state index contributed by atoms with van der Waals surface area (Å²) in [5.41, 5.74) is 6.94. The van der Waals surface area contributed by atoms with Gasteiger partial charge in [0.1, 0.15) is 11.6 Å². The molecule has 0 heterocycles. The lowest BCUT2D eigenvalue weighted by Gasteiger charge is -2.17. The third kappa shape index (κ3) is 2.93. The van der Waals surface area contributed by atoms with Crippen molar-refractivity contribution in [2.24, 2.45) is 11.7 Å². The van der Waals surface area contributed by atoms with Gasteiger partial charge in [0.05, 0.1) is 0 Å². The molecule has 0 aliphatic rings. The standard InChI is InChI=1S/C12H18FNO/c1-7(2)4-11(14)10-6-9(13)5-8(3)12(10)15/h5-7,11,15H,4,14H2,1-3H3/t11-/m1/s1. The predicted molar refractivity (Wildman–Crippen MR) is 59.2 cm³/mol. The monoisotopic (exact) mass is 211 g/mol. The zero-order valence-electron chi connectivity index (χ0n) is 9.42. The molecular weight excluding hydrogens is 193 g/mol. The van der Waals surface area contributed by atoms with E-state index in [1.807, 2.05) is 13.8 Å². The Labute approximate surface area is 89.9 Å². The molecule has 0 aromatic heterocycles. The normalized spacial score (nSPS) is 13.2. The molecule has 0 aliphatic carbocycles. The van der Waals surface area contributed by atoms with E-state index in [4.69, 9.17) is 5.73 Å². The smallest absolute Gasteiger partial charge is 0.124 e. The van der Waals surface area contributed by atoms with Crippen LogP contribution < -0.4 is 5.73 Å². The van der Waals surface area contributed by atoms with E-state index in [2.05, 4.69) is 0 Å². The third-order valence-electron chi connectivity index (χ3n) is 2.42. The van der Waals surface area contributed by atoms with Crippen molar-refractivity contribution >= 4 is 0 Å². The molecule has 0 amide bonds. The van der Waals surface area contributed by atoms with Gasteiger partial charge in [-0.15, -0.1) is 0 Å². The summed E-state index contributed by atoms with van der Waals surface area (Å²) in [6.07, 6.45) is 0.733. The summed E-state index contributed by atoms with van der Waals surface area (Å²) in [5, 5.41) is 9.76. The van der Waals surface area contributed by atoms with Crippen LogP contribution in [0.1, 0.15) is 37.4 Å². The van der Waals surface area contributed by atoms with Crippen LogP contribution in [0.25, 0.3) is 0 Å². The number of phenolic OH excluding ortho intramolecular Hbond substituents is 1. The lowest BCUT2D eigenvalue weighted by molar-refractivity contribution is 0.438. The van der Waals surface area contributed by atoms with E-state index in [9.17, 15) is 9.50 Å². The van der Waals surface area contributed by atoms with E-state index in [0.717, 1.165) is 6.42 Å². The molecule has 3 heteroatoms. The molecule has 15 heavy (non-hydrogen) atoms. The van der Waals surface area contributed by atoms with Crippen LogP contribution in [-0.4, -0.2) is 5.11 Å². The summed E-state index contributed by atoms with van der Waals surface area (Å²) in [5.74, 6) is 0.187. The Morgan fingerprint density at radius 1 is 1.40 bits per heavy atom. The molecule has 1 rings (SSSR count). The Balaban J connectivity index is 3.02. The molecule has 84 valence electrons. The van der Waals surface area contributed by atoms with Crippen molar-refractivity contribution in [3.8, 4) is 5.75 Å². The molecule has 0 saturated heterocycles. The van der Waals surface area contributed by atoms with Crippen LogP contribution >= 0.6 is 0 Å². The molecular formula is C12H18FNO. The van der Waals surface area contributed by atoms with Gasteiger partial charge in [0.15, 0.2) is 0 Å². The maximum absolute atomic E-state index is 13.1. The number of hydrogen-bond donors (Lipinski definition) is 2. The maximum atomic E-state index is 13.1. The molecule has 1 aromatic carbocycles. The molecule has 0 saturated carbocycles. The second-order valence-electron chi connectivity index (χ2n) is 4.40. The molecule has 3 N–H and O–H groups in total. The number of hydrogen-bond acceptors (Lipinski definition) is 2. The molecule has 0 radical (unpaired) electrons. The van der Waals surface area contributed by atoms with Gasteiger partial charge < -0.3 is 10.8 Å². The van der Waals surface area contributed by atoms with Crippen LogP contribution in [0.4, 0.5) is 4.39 Å². The lowest BCUT2D eigenvalue weighted by Crippen LogP contribution is -2.13. The molecule has 0 fully saturated rings. The average Bonchev–Trinajstić information content (AvgIpc) is 2.09. The lowest BCUT2D eigenvalue weighted by atomic mass is 9.95. The zero-order chi connectivity index (χ0) is 11.6. The summed E-state index contributed by atoms with van der Waals surface area (Å²) in [7, 11) is 0. The number of nitrogens with two attached hydrogens (primary N) is 1. The van der Waals surface area contributed by atoms with Gasteiger partial charge in [0.25, 0.3) is 0 Å². The minimum Gasteiger partial charge on any atom is -0.507 e. The molecule has 0 spiro atoms. The molecule has 0 unspecified atom stereocenters. The summed E-state index contributed by atoms with van der Waals surface area (Å²) >= 11 is 0. The van der Waals surface area contributed by atoms with Crippen molar-refractivity contribution in [1.82, 2.24) is 0 Å². The van der Waals surface area contributed by atoms with Crippen molar-refractivity contribution in [2.45, 2.75) is 33.2 Å². The highest BCUT2D eigenvalue weighted by Gasteiger charge is 2.15. The van der Waals surface area contributed by atoms with Gasteiger partial charge in [-0.2, -0.15) is 0 Å². The van der Waals surface area contributed by atoms with Gasteiger partial charge in [0, 0.05) is 11.6 Å². The van der Waals surface area contributed by atoms with E-state index in [-0.39, 0.29) is 17.6 Å². The maximum Gasteiger partial charge on any atom is 0.124 e. The summed E-state index contributed by atoms with van der Waals surface area (Å²) in [6, 6.07) is 2.32. The van der Waals surface area contributed by atoms with Crippen LogP contribution in [0.5, 0.6) is 5.75 Å². The van der Waals surface area contributed by atoms with E-state index in [0.29, 0.717) is 17.0 Å². The van der Waals surface area contributed by atoms with Crippen molar-refractivity contribution in [1.29, 1.82) is 0 Å². The predicted octanol–water partition coefficient (Wildman–Crippen LogP) is 2.89. The fourth-order valence-corrected chi connectivity index (χ4v) is 1.68. The topological polar surface area (TPSA) is 46.2 Å². The van der Waals surface area contributed by atoms with E-state index < -0.39 is 0 Å². The first-order valence-electron chi connectivity index (χ1n) is 5.16. The van der Waals surface area contributed by atoms with Gasteiger partial charge >= 0.3 is 0 Å². The number of halogens is 1. The first-order valence-corrected chi connectivity index (χ1v) is 5.16. The highest BCUT2D eigenvalue weighted by atomic mass is 19.1. The summed E-state index contributed by atoms with van der Waals surface area (Å²) in [6.45, 7) is 5.76. The average molecular weight is 211 g/mol. The highest BCUT2D eigenvalue weighted by Crippen LogP contribution is 2.30. The summed E-state index contributed by atoms with van der Waals surface area (Å²) in [4.78, 5) is 0. The quantitative estimate of drug-likeness (QED) is 0.807. The molecule has 1 aromatic rings.